The normalized spacial score (nSPS) is 16.4. The predicted octanol–water partition coefficient (Wildman–Crippen LogP) is 5.08. The van der Waals surface area contributed by atoms with Crippen molar-refractivity contribution in [2.24, 2.45) is 5.92 Å². The van der Waals surface area contributed by atoms with E-state index in [1.165, 1.54) is 23.1 Å². The number of ether oxygens (including phenoxy) is 1. The first-order chi connectivity index (χ1) is 13.3. The number of anilines is 1. The number of halogens is 4. The van der Waals surface area contributed by atoms with Gasteiger partial charge in [0.1, 0.15) is 0 Å². The van der Waals surface area contributed by atoms with Gasteiger partial charge in [-0.3, -0.25) is 14.4 Å². The lowest BCUT2D eigenvalue weighted by molar-refractivity contribution is -0.147. The molecule has 0 saturated carbocycles. The number of esters is 1. The molecule has 0 bridgehead atoms. The Bertz CT molecular complexity index is 963. The van der Waals surface area contributed by atoms with E-state index in [4.69, 9.17) is 51.1 Å². The summed E-state index contributed by atoms with van der Waals surface area (Å²) in [7, 11) is 0. The van der Waals surface area contributed by atoms with Crippen LogP contribution in [0, 0.1) is 5.92 Å². The minimum absolute atomic E-state index is 0.0441. The number of rotatable bonds is 5. The highest BCUT2D eigenvalue weighted by molar-refractivity contribution is 6.44. The number of carbonyl (C=O) groups excluding carboxylic acids is 3. The van der Waals surface area contributed by atoms with E-state index in [1.807, 2.05) is 0 Å². The third kappa shape index (κ3) is 4.44. The predicted molar refractivity (Wildman–Crippen MR) is 109 cm³/mol. The smallest absolute Gasteiger partial charge is 0.311 e. The topological polar surface area (TPSA) is 63.7 Å². The number of benzene rings is 2. The minimum Gasteiger partial charge on any atom is -0.457 e. The molecular formula is C19H13Cl4NO4. The Kier molecular flexibility index (Phi) is 6.50. The summed E-state index contributed by atoms with van der Waals surface area (Å²) in [6.07, 6.45) is -0.0441. The maximum atomic E-state index is 12.3. The maximum absolute atomic E-state index is 12.3. The van der Waals surface area contributed by atoms with Crippen molar-refractivity contribution in [2.45, 2.75) is 6.42 Å². The summed E-state index contributed by atoms with van der Waals surface area (Å²) in [5.41, 5.74) is 0.632. The molecule has 1 amide bonds. The molecule has 1 fully saturated rings. The first-order valence-electron chi connectivity index (χ1n) is 8.17. The number of hydrogen-bond acceptors (Lipinski definition) is 4. The van der Waals surface area contributed by atoms with Gasteiger partial charge in [0, 0.05) is 23.6 Å². The van der Waals surface area contributed by atoms with Crippen molar-refractivity contribution in [1.29, 1.82) is 0 Å². The largest absolute Gasteiger partial charge is 0.457 e. The van der Waals surface area contributed by atoms with Crippen LogP contribution < -0.4 is 4.90 Å². The number of carbonyl (C=O) groups is 3. The molecule has 9 heteroatoms. The lowest BCUT2D eigenvalue weighted by Crippen LogP contribution is -2.27. The zero-order valence-corrected chi connectivity index (χ0v) is 17.3. The summed E-state index contributed by atoms with van der Waals surface area (Å²) in [6, 6.07) is 9.32. The molecule has 1 saturated heterocycles. The van der Waals surface area contributed by atoms with Crippen LogP contribution in [0.5, 0.6) is 0 Å². The Morgan fingerprint density at radius 3 is 2.54 bits per heavy atom. The van der Waals surface area contributed by atoms with Gasteiger partial charge in [-0.15, -0.1) is 0 Å². The van der Waals surface area contributed by atoms with Gasteiger partial charge >= 0.3 is 5.97 Å². The van der Waals surface area contributed by atoms with E-state index in [2.05, 4.69) is 0 Å². The van der Waals surface area contributed by atoms with Crippen LogP contribution in [0.15, 0.2) is 36.4 Å². The molecule has 2 aromatic carbocycles. The Morgan fingerprint density at radius 2 is 1.82 bits per heavy atom. The number of hydrogen-bond donors (Lipinski definition) is 0. The molecule has 1 atom stereocenters. The summed E-state index contributed by atoms with van der Waals surface area (Å²) < 4.78 is 5.10. The van der Waals surface area contributed by atoms with E-state index in [1.54, 1.807) is 18.2 Å². The molecule has 146 valence electrons. The van der Waals surface area contributed by atoms with Crippen LogP contribution in [0.2, 0.25) is 20.1 Å². The summed E-state index contributed by atoms with van der Waals surface area (Å²) in [5, 5.41) is 1.11. The monoisotopic (exact) mass is 459 g/mol. The van der Waals surface area contributed by atoms with Gasteiger partial charge in [0.2, 0.25) is 11.7 Å². The maximum Gasteiger partial charge on any atom is 0.311 e. The van der Waals surface area contributed by atoms with E-state index in [0.29, 0.717) is 15.7 Å². The molecule has 0 spiro atoms. The Hall–Kier alpha value is -1.79. The summed E-state index contributed by atoms with van der Waals surface area (Å²) in [4.78, 5) is 38.2. The second-order valence-electron chi connectivity index (χ2n) is 6.13. The van der Waals surface area contributed by atoms with Gasteiger partial charge in [-0.1, -0.05) is 52.5 Å². The van der Waals surface area contributed by atoms with Gasteiger partial charge in [-0.05, 0) is 30.3 Å². The van der Waals surface area contributed by atoms with Crippen molar-refractivity contribution in [3.05, 3.63) is 62.1 Å². The molecule has 0 radical (unpaired) electrons. The van der Waals surface area contributed by atoms with Crippen LogP contribution in [0.25, 0.3) is 0 Å². The van der Waals surface area contributed by atoms with Crippen LogP contribution in [-0.4, -0.2) is 30.8 Å². The fourth-order valence-corrected chi connectivity index (χ4v) is 3.76. The molecule has 1 heterocycles. The zero-order valence-electron chi connectivity index (χ0n) is 14.3. The fraction of sp³-hybridized carbons (Fsp3) is 0.211. The minimum atomic E-state index is -0.712. The quantitative estimate of drug-likeness (QED) is 0.461. The summed E-state index contributed by atoms with van der Waals surface area (Å²) in [5.74, 6) is -2.10. The van der Waals surface area contributed by atoms with Crippen LogP contribution in [-0.2, 0) is 14.3 Å². The van der Waals surface area contributed by atoms with Gasteiger partial charge in [0.05, 0.1) is 26.7 Å². The molecule has 0 N–H and O–H groups in total. The van der Waals surface area contributed by atoms with E-state index in [9.17, 15) is 14.4 Å². The Labute approximate surface area is 181 Å². The first kappa shape index (κ1) is 20.9. The number of amides is 1. The molecule has 3 rings (SSSR count). The van der Waals surface area contributed by atoms with Crippen molar-refractivity contribution >= 4 is 69.8 Å². The third-order valence-electron chi connectivity index (χ3n) is 4.26. The standard InChI is InChI=1S/C19H13Cl4NO4/c20-11-4-5-12(14(22)7-11)16(25)9-28-19(27)10-6-17(26)24(8-10)15-3-1-2-13(21)18(15)23/h1-5,7,10H,6,8-9H2. The Balaban J connectivity index is 1.63. The second kappa shape index (κ2) is 8.70. The zero-order chi connectivity index (χ0) is 20.4. The van der Waals surface area contributed by atoms with Crippen LogP contribution in [0.3, 0.4) is 0 Å². The lowest BCUT2D eigenvalue weighted by Gasteiger charge is -2.18. The average Bonchev–Trinajstić information content (AvgIpc) is 3.03. The van der Waals surface area contributed by atoms with Gasteiger partial charge < -0.3 is 9.64 Å². The van der Waals surface area contributed by atoms with Crippen molar-refractivity contribution in [3.63, 3.8) is 0 Å². The molecule has 2 aromatic rings. The molecule has 5 nitrogen and oxygen atoms in total. The van der Waals surface area contributed by atoms with E-state index in [0.717, 1.165) is 0 Å². The molecular weight excluding hydrogens is 448 g/mol. The van der Waals surface area contributed by atoms with Crippen LogP contribution in [0.1, 0.15) is 16.8 Å². The van der Waals surface area contributed by atoms with Gasteiger partial charge in [-0.25, -0.2) is 0 Å². The Morgan fingerprint density at radius 1 is 1.07 bits per heavy atom. The van der Waals surface area contributed by atoms with Gasteiger partial charge in [0.15, 0.2) is 6.61 Å². The highest BCUT2D eigenvalue weighted by Gasteiger charge is 2.37. The summed E-state index contributed by atoms with van der Waals surface area (Å²) >= 11 is 23.9. The number of nitrogens with zero attached hydrogens (tertiary/aromatic N) is 1. The molecule has 0 aromatic heterocycles. The highest BCUT2D eigenvalue weighted by atomic mass is 35.5. The fourth-order valence-electron chi connectivity index (χ4n) is 2.85. The van der Waals surface area contributed by atoms with Gasteiger partial charge in [0.25, 0.3) is 0 Å². The van der Waals surface area contributed by atoms with Crippen molar-refractivity contribution in [2.75, 3.05) is 18.1 Å². The summed E-state index contributed by atoms with van der Waals surface area (Å²) in [6.45, 7) is -0.392. The van der Waals surface area contributed by atoms with E-state index in [-0.39, 0.29) is 34.5 Å². The van der Waals surface area contributed by atoms with E-state index < -0.39 is 24.3 Å². The molecule has 1 unspecified atom stereocenters. The highest BCUT2D eigenvalue weighted by Crippen LogP contribution is 2.36. The van der Waals surface area contributed by atoms with Crippen molar-refractivity contribution in [1.82, 2.24) is 0 Å². The number of ketones is 1. The second-order valence-corrected chi connectivity index (χ2v) is 7.76. The molecule has 1 aliphatic rings. The van der Waals surface area contributed by atoms with Gasteiger partial charge in [-0.2, -0.15) is 0 Å². The van der Waals surface area contributed by atoms with Crippen LogP contribution in [0.4, 0.5) is 5.69 Å². The SMILES string of the molecule is O=C(COC(=O)C1CC(=O)N(c2cccc(Cl)c2Cl)C1)c1ccc(Cl)cc1Cl. The molecule has 1 aliphatic heterocycles. The molecule has 28 heavy (non-hydrogen) atoms. The molecule has 0 aliphatic carbocycles. The lowest BCUT2D eigenvalue weighted by atomic mass is 10.1. The van der Waals surface area contributed by atoms with Crippen molar-refractivity contribution in [3.8, 4) is 0 Å². The third-order valence-corrected chi connectivity index (χ3v) is 5.61. The van der Waals surface area contributed by atoms with Crippen molar-refractivity contribution < 1.29 is 19.1 Å². The van der Waals surface area contributed by atoms with E-state index >= 15 is 0 Å². The first-order valence-corrected chi connectivity index (χ1v) is 9.68. The average molecular weight is 461 g/mol. The number of Topliss-reactive ketones (excluding diaryl/α,β-unsaturated/α-hetero) is 1. The van der Waals surface area contributed by atoms with Crippen LogP contribution >= 0.6 is 46.4 Å².